The SMILES string of the molecule is C[C@@H]1CN(c2nc3ccccc3nc2SCC(=O)NC2CCCCCCC2)C[C@@H](C)O1. The topological polar surface area (TPSA) is 67.4 Å². The van der Waals surface area contributed by atoms with Crippen LogP contribution in [0.5, 0.6) is 0 Å². The van der Waals surface area contributed by atoms with Crippen LogP contribution in [0.1, 0.15) is 58.8 Å². The summed E-state index contributed by atoms with van der Waals surface area (Å²) in [4.78, 5) is 24.8. The average molecular weight is 443 g/mol. The van der Waals surface area contributed by atoms with Gasteiger partial charge in [0.25, 0.3) is 0 Å². The molecule has 168 valence electrons. The third kappa shape index (κ3) is 6.10. The monoisotopic (exact) mass is 442 g/mol. The minimum absolute atomic E-state index is 0.0974. The number of carbonyl (C=O) groups excluding carboxylic acids is 1. The van der Waals surface area contributed by atoms with E-state index in [9.17, 15) is 4.79 Å². The molecule has 1 N–H and O–H groups in total. The number of benzene rings is 1. The van der Waals surface area contributed by atoms with E-state index in [4.69, 9.17) is 14.7 Å². The van der Waals surface area contributed by atoms with Crippen molar-refractivity contribution in [3.63, 3.8) is 0 Å². The van der Waals surface area contributed by atoms with E-state index in [1.807, 2.05) is 24.3 Å². The van der Waals surface area contributed by atoms with E-state index in [-0.39, 0.29) is 18.1 Å². The fourth-order valence-electron chi connectivity index (χ4n) is 4.63. The molecule has 2 atom stereocenters. The lowest BCUT2D eigenvalue weighted by molar-refractivity contribution is -0.119. The summed E-state index contributed by atoms with van der Waals surface area (Å²) in [6.45, 7) is 5.73. The molecule has 0 spiro atoms. The molecule has 1 aliphatic heterocycles. The highest BCUT2D eigenvalue weighted by molar-refractivity contribution is 8.00. The van der Waals surface area contributed by atoms with Crippen molar-refractivity contribution < 1.29 is 9.53 Å². The van der Waals surface area contributed by atoms with E-state index >= 15 is 0 Å². The van der Waals surface area contributed by atoms with Gasteiger partial charge in [-0.05, 0) is 38.8 Å². The lowest BCUT2D eigenvalue weighted by Gasteiger charge is -2.36. The lowest BCUT2D eigenvalue weighted by Crippen LogP contribution is -2.46. The largest absolute Gasteiger partial charge is 0.372 e. The molecule has 2 aliphatic rings. The first-order valence-electron chi connectivity index (χ1n) is 11.7. The fourth-order valence-corrected chi connectivity index (χ4v) is 5.45. The highest BCUT2D eigenvalue weighted by Crippen LogP contribution is 2.31. The number of amides is 1. The molecule has 1 aromatic carbocycles. The number of nitrogens with one attached hydrogen (secondary N) is 1. The molecule has 1 aliphatic carbocycles. The van der Waals surface area contributed by atoms with Gasteiger partial charge in [0.15, 0.2) is 5.82 Å². The summed E-state index contributed by atoms with van der Waals surface area (Å²) >= 11 is 1.50. The fraction of sp³-hybridized carbons (Fsp3) is 0.625. The summed E-state index contributed by atoms with van der Waals surface area (Å²) in [7, 11) is 0. The van der Waals surface area contributed by atoms with Crippen LogP contribution in [0.3, 0.4) is 0 Å². The molecule has 4 rings (SSSR count). The number of hydrogen-bond acceptors (Lipinski definition) is 6. The van der Waals surface area contributed by atoms with Crippen molar-refractivity contribution in [1.29, 1.82) is 0 Å². The highest BCUT2D eigenvalue weighted by atomic mass is 32.2. The number of ether oxygens (including phenoxy) is 1. The minimum atomic E-state index is 0.0974. The molecule has 0 bridgehead atoms. The first-order valence-corrected chi connectivity index (χ1v) is 12.7. The predicted molar refractivity (Wildman–Crippen MR) is 127 cm³/mol. The van der Waals surface area contributed by atoms with Crippen LogP contribution < -0.4 is 10.2 Å². The molecule has 2 aromatic rings. The molecule has 0 unspecified atom stereocenters. The molecule has 0 radical (unpaired) electrons. The quantitative estimate of drug-likeness (QED) is 0.685. The van der Waals surface area contributed by atoms with Crippen LogP contribution in [0.25, 0.3) is 11.0 Å². The van der Waals surface area contributed by atoms with E-state index in [0.717, 1.165) is 47.8 Å². The number of fused-ring (bicyclic) bond motifs is 1. The van der Waals surface area contributed by atoms with Gasteiger partial charge in [-0.2, -0.15) is 0 Å². The summed E-state index contributed by atoms with van der Waals surface area (Å²) in [6, 6.07) is 8.26. The summed E-state index contributed by atoms with van der Waals surface area (Å²) in [6.07, 6.45) is 8.80. The number of carbonyl (C=O) groups is 1. The number of morpholine rings is 1. The number of nitrogens with zero attached hydrogens (tertiary/aromatic N) is 3. The van der Waals surface area contributed by atoms with Gasteiger partial charge >= 0.3 is 0 Å². The van der Waals surface area contributed by atoms with E-state index < -0.39 is 0 Å². The number of thioether (sulfide) groups is 1. The normalized spacial score (nSPS) is 23.4. The summed E-state index contributed by atoms with van der Waals surface area (Å²) in [5, 5.41) is 4.09. The van der Waals surface area contributed by atoms with E-state index in [0.29, 0.717) is 11.8 Å². The van der Waals surface area contributed by atoms with Gasteiger partial charge in [0.05, 0.1) is 29.0 Å². The predicted octanol–water partition coefficient (Wildman–Crippen LogP) is 4.56. The number of rotatable bonds is 5. The Morgan fingerprint density at radius 2 is 1.65 bits per heavy atom. The van der Waals surface area contributed by atoms with Crippen molar-refractivity contribution in [2.24, 2.45) is 0 Å². The van der Waals surface area contributed by atoms with Gasteiger partial charge in [-0.3, -0.25) is 4.79 Å². The molecule has 6 nitrogen and oxygen atoms in total. The molecule has 1 saturated carbocycles. The summed E-state index contributed by atoms with van der Waals surface area (Å²) in [5.74, 6) is 1.33. The van der Waals surface area contributed by atoms with Crippen LogP contribution in [-0.2, 0) is 9.53 Å². The number of aromatic nitrogens is 2. The third-order valence-corrected chi connectivity index (χ3v) is 7.00. The molecular formula is C24H34N4O2S. The van der Waals surface area contributed by atoms with Gasteiger partial charge < -0.3 is 15.0 Å². The zero-order valence-electron chi connectivity index (χ0n) is 18.7. The van der Waals surface area contributed by atoms with Gasteiger partial charge in [0.1, 0.15) is 5.03 Å². The van der Waals surface area contributed by atoms with Gasteiger partial charge in [-0.25, -0.2) is 9.97 Å². The Morgan fingerprint density at radius 1 is 1.03 bits per heavy atom. The summed E-state index contributed by atoms with van der Waals surface area (Å²) < 4.78 is 5.91. The first kappa shape index (κ1) is 22.3. The Labute approximate surface area is 189 Å². The second kappa shape index (κ2) is 10.6. The maximum absolute atomic E-state index is 12.7. The van der Waals surface area contributed by atoms with Crippen LogP contribution in [0.2, 0.25) is 0 Å². The Balaban J connectivity index is 1.48. The Kier molecular flexibility index (Phi) is 7.67. The van der Waals surface area contributed by atoms with Crippen molar-refractivity contribution in [3.05, 3.63) is 24.3 Å². The number of para-hydroxylation sites is 2. The van der Waals surface area contributed by atoms with Gasteiger partial charge in [0.2, 0.25) is 5.91 Å². The maximum atomic E-state index is 12.7. The zero-order valence-corrected chi connectivity index (χ0v) is 19.5. The second-order valence-electron chi connectivity index (χ2n) is 8.90. The first-order chi connectivity index (χ1) is 15.1. The molecule has 2 fully saturated rings. The minimum Gasteiger partial charge on any atom is -0.372 e. The number of anilines is 1. The van der Waals surface area contributed by atoms with Gasteiger partial charge in [0, 0.05) is 19.1 Å². The molecule has 2 heterocycles. The second-order valence-corrected chi connectivity index (χ2v) is 9.87. The molecule has 31 heavy (non-hydrogen) atoms. The smallest absolute Gasteiger partial charge is 0.230 e. The van der Waals surface area contributed by atoms with Crippen LogP contribution in [0, 0.1) is 0 Å². The molecule has 1 amide bonds. The molecule has 1 saturated heterocycles. The van der Waals surface area contributed by atoms with Crippen LogP contribution in [0.15, 0.2) is 29.3 Å². The average Bonchev–Trinajstić information content (AvgIpc) is 2.72. The van der Waals surface area contributed by atoms with Crippen molar-refractivity contribution in [2.45, 2.75) is 82.1 Å². The van der Waals surface area contributed by atoms with Crippen molar-refractivity contribution in [1.82, 2.24) is 15.3 Å². The lowest BCUT2D eigenvalue weighted by atomic mass is 9.97. The highest BCUT2D eigenvalue weighted by Gasteiger charge is 2.26. The Bertz CT molecular complexity index is 875. The molecular weight excluding hydrogens is 408 g/mol. The number of hydrogen-bond donors (Lipinski definition) is 1. The van der Waals surface area contributed by atoms with Crippen LogP contribution in [-0.4, -0.2) is 53.0 Å². The standard InChI is InChI=1S/C24H34N4O2S/c1-17-14-28(15-18(2)30-17)23-24(27-21-13-9-8-12-20(21)26-23)31-16-22(29)25-19-10-6-4-3-5-7-11-19/h8-9,12-13,17-19H,3-7,10-11,14-16H2,1-2H3,(H,25,29)/t17-,18-/m1/s1. The maximum Gasteiger partial charge on any atom is 0.230 e. The Hall–Kier alpha value is -1.86. The van der Waals surface area contributed by atoms with Gasteiger partial charge in [-0.15, -0.1) is 0 Å². The van der Waals surface area contributed by atoms with Crippen LogP contribution in [0.4, 0.5) is 5.82 Å². The third-order valence-electron chi connectivity index (χ3n) is 6.05. The molecule has 1 aromatic heterocycles. The van der Waals surface area contributed by atoms with Crippen molar-refractivity contribution >= 4 is 34.5 Å². The van der Waals surface area contributed by atoms with Gasteiger partial charge in [-0.1, -0.05) is 56.0 Å². The van der Waals surface area contributed by atoms with E-state index in [2.05, 4.69) is 24.1 Å². The van der Waals surface area contributed by atoms with Crippen LogP contribution >= 0.6 is 11.8 Å². The summed E-state index contributed by atoms with van der Waals surface area (Å²) in [5.41, 5.74) is 1.75. The van der Waals surface area contributed by atoms with Crippen molar-refractivity contribution in [2.75, 3.05) is 23.7 Å². The van der Waals surface area contributed by atoms with Crippen molar-refractivity contribution in [3.8, 4) is 0 Å². The molecule has 7 heteroatoms. The Morgan fingerprint density at radius 3 is 2.32 bits per heavy atom. The van der Waals surface area contributed by atoms with E-state index in [1.54, 1.807) is 0 Å². The van der Waals surface area contributed by atoms with E-state index in [1.165, 1.54) is 43.9 Å². The zero-order chi connectivity index (χ0) is 21.6.